The molecule has 1 amide bonds. The van der Waals surface area contributed by atoms with Gasteiger partial charge in [-0.1, -0.05) is 6.08 Å². The Morgan fingerprint density at radius 1 is 1.33 bits per heavy atom. The first-order valence-corrected chi connectivity index (χ1v) is 4.75. The molecule has 0 radical (unpaired) electrons. The van der Waals surface area contributed by atoms with E-state index in [1.165, 1.54) is 6.92 Å². The van der Waals surface area contributed by atoms with E-state index in [0.29, 0.717) is 0 Å². The molecule has 1 aromatic rings. The third kappa shape index (κ3) is 3.13. The third-order valence-electron chi connectivity index (χ3n) is 2.00. The Labute approximate surface area is 89.8 Å². The van der Waals surface area contributed by atoms with Crippen molar-refractivity contribution in [3.05, 3.63) is 35.9 Å². The van der Waals surface area contributed by atoms with Crippen LogP contribution in [-0.4, -0.2) is 13.0 Å². The van der Waals surface area contributed by atoms with Crippen LogP contribution in [0.4, 0.5) is 0 Å². The van der Waals surface area contributed by atoms with Gasteiger partial charge in [0.05, 0.1) is 7.11 Å². The smallest absolute Gasteiger partial charge is 0.221 e. The molecular formula is C12H15NO2. The van der Waals surface area contributed by atoms with E-state index in [2.05, 4.69) is 5.32 Å². The van der Waals surface area contributed by atoms with E-state index in [1.54, 1.807) is 7.11 Å². The highest BCUT2D eigenvalue weighted by molar-refractivity contribution is 5.84. The normalized spacial score (nSPS) is 11.0. The molecule has 0 unspecified atom stereocenters. The largest absolute Gasteiger partial charge is 0.497 e. The zero-order chi connectivity index (χ0) is 11.3. The second kappa shape index (κ2) is 5.20. The number of rotatable bonds is 3. The average Bonchev–Trinajstić information content (AvgIpc) is 2.26. The molecule has 0 aromatic heterocycles. The van der Waals surface area contributed by atoms with Crippen LogP contribution in [0.2, 0.25) is 0 Å². The highest BCUT2D eigenvalue weighted by atomic mass is 16.5. The van der Waals surface area contributed by atoms with Gasteiger partial charge in [0.15, 0.2) is 0 Å². The topological polar surface area (TPSA) is 38.3 Å². The van der Waals surface area contributed by atoms with E-state index in [9.17, 15) is 4.79 Å². The lowest BCUT2D eigenvalue weighted by Crippen LogP contribution is -2.17. The quantitative estimate of drug-likeness (QED) is 0.821. The number of hydrogen-bond acceptors (Lipinski definition) is 2. The second-order valence-corrected chi connectivity index (χ2v) is 3.11. The molecule has 0 aliphatic heterocycles. The monoisotopic (exact) mass is 205 g/mol. The molecule has 3 heteroatoms. The Kier molecular flexibility index (Phi) is 3.92. The first kappa shape index (κ1) is 11.3. The predicted molar refractivity (Wildman–Crippen MR) is 60.5 cm³/mol. The van der Waals surface area contributed by atoms with Crippen LogP contribution in [0.3, 0.4) is 0 Å². The Morgan fingerprint density at radius 2 is 1.93 bits per heavy atom. The Hall–Kier alpha value is -1.77. The second-order valence-electron chi connectivity index (χ2n) is 3.11. The maximum atomic E-state index is 10.9. The maximum Gasteiger partial charge on any atom is 0.221 e. The van der Waals surface area contributed by atoms with Crippen molar-refractivity contribution in [3.8, 4) is 5.75 Å². The molecule has 80 valence electrons. The molecule has 1 N–H and O–H groups in total. The van der Waals surface area contributed by atoms with Crippen molar-refractivity contribution in [2.75, 3.05) is 7.11 Å². The van der Waals surface area contributed by atoms with E-state index in [4.69, 9.17) is 4.74 Å². The number of carbonyl (C=O) groups excluding carboxylic acids is 1. The van der Waals surface area contributed by atoms with Crippen molar-refractivity contribution >= 4 is 11.6 Å². The SMILES string of the molecule is C/C=C(\NC(C)=O)c1ccc(OC)cc1. The van der Waals surface area contributed by atoms with E-state index in [1.807, 2.05) is 37.3 Å². The van der Waals surface area contributed by atoms with Crippen molar-refractivity contribution in [3.63, 3.8) is 0 Å². The van der Waals surface area contributed by atoms with Gasteiger partial charge in [0.25, 0.3) is 0 Å². The molecule has 1 aromatic carbocycles. The number of methoxy groups -OCH3 is 1. The summed E-state index contributed by atoms with van der Waals surface area (Å²) in [5, 5.41) is 2.76. The van der Waals surface area contributed by atoms with Crippen molar-refractivity contribution in [2.24, 2.45) is 0 Å². The average molecular weight is 205 g/mol. The summed E-state index contributed by atoms with van der Waals surface area (Å²) in [4.78, 5) is 10.9. The van der Waals surface area contributed by atoms with Crippen LogP contribution >= 0.6 is 0 Å². The lowest BCUT2D eigenvalue weighted by atomic mass is 10.1. The molecule has 3 nitrogen and oxygen atoms in total. The molecule has 0 spiro atoms. The Morgan fingerprint density at radius 3 is 2.33 bits per heavy atom. The van der Waals surface area contributed by atoms with E-state index >= 15 is 0 Å². The molecule has 0 saturated carbocycles. The summed E-state index contributed by atoms with van der Waals surface area (Å²) in [6, 6.07) is 7.54. The fourth-order valence-electron chi connectivity index (χ4n) is 1.27. The zero-order valence-electron chi connectivity index (χ0n) is 9.20. The van der Waals surface area contributed by atoms with Crippen molar-refractivity contribution < 1.29 is 9.53 Å². The zero-order valence-corrected chi connectivity index (χ0v) is 9.20. The summed E-state index contributed by atoms with van der Waals surface area (Å²) < 4.78 is 5.06. The molecule has 0 aliphatic carbocycles. The summed E-state index contributed by atoms with van der Waals surface area (Å²) in [5.74, 6) is 0.732. The van der Waals surface area contributed by atoms with Crippen molar-refractivity contribution in [2.45, 2.75) is 13.8 Å². The summed E-state index contributed by atoms with van der Waals surface area (Å²) in [6.07, 6.45) is 1.86. The van der Waals surface area contributed by atoms with Crippen molar-refractivity contribution in [1.29, 1.82) is 0 Å². The number of ether oxygens (including phenoxy) is 1. The summed E-state index contributed by atoms with van der Waals surface area (Å²) in [6.45, 7) is 3.38. The minimum atomic E-state index is -0.0704. The van der Waals surface area contributed by atoms with E-state index < -0.39 is 0 Å². The molecule has 0 bridgehead atoms. The van der Waals surface area contributed by atoms with Crippen LogP contribution in [-0.2, 0) is 4.79 Å². The fourth-order valence-corrected chi connectivity index (χ4v) is 1.27. The minimum Gasteiger partial charge on any atom is -0.497 e. The molecule has 15 heavy (non-hydrogen) atoms. The van der Waals surface area contributed by atoms with Gasteiger partial charge in [0.2, 0.25) is 5.91 Å². The molecule has 1 rings (SSSR count). The molecule has 0 heterocycles. The third-order valence-corrected chi connectivity index (χ3v) is 2.00. The van der Waals surface area contributed by atoms with Crippen LogP contribution in [0.25, 0.3) is 5.70 Å². The van der Waals surface area contributed by atoms with Gasteiger partial charge in [-0.2, -0.15) is 0 Å². The lowest BCUT2D eigenvalue weighted by Gasteiger charge is -2.08. The highest BCUT2D eigenvalue weighted by Gasteiger charge is 2.02. The van der Waals surface area contributed by atoms with Crippen LogP contribution < -0.4 is 10.1 Å². The summed E-state index contributed by atoms with van der Waals surface area (Å²) in [7, 11) is 1.62. The number of carbonyl (C=O) groups is 1. The van der Waals surface area contributed by atoms with E-state index in [0.717, 1.165) is 17.0 Å². The standard InChI is InChI=1S/C12H15NO2/c1-4-12(13-9(2)14)10-5-7-11(15-3)8-6-10/h4-8H,1-3H3,(H,13,14)/b12-4-. The van der Waals surface area contributed by atoms with Gasteiger partial charge >= 0.3 is 0 Å². The number of hydrogen-bond donors (Lipinski definition) is 1. The predicted octanol–water partition coefficient (Wildman–Crippen LogP) is 2.19. The van der Waals surface area contributed by atoms with Crippen LogP contribution in [0.1, 0.15) is 19.4 Å². The summed E-state index contributed by atoms with van der Waals surface area (Å²) >= 11 is 0. The minimum absolute atomic E-state index is 0.0704. The fraction of sp³-hybridized carbons (Fsp3) is 0.250. The van der Waals surface area contributed by atoms with Gasteiger partial charge in [-0.3, -0.25) is 4.79 Å². The molecule has 0 saturated heterocycles. The first-order chi connectivity index (χ1) is 7.17. The molecule has 0 aliphatic rings. The van der Waals surface area contributed by atoms with Gasteiger partial charge in [-0.25, -0.2) is 0 Å². The summed E-state index contributed by atoms with van der Waals surface area (Å²) in [5.41, 5.74) is 1.78. The molecular weight excluding hydrogens is 190 g/mol. The number of nitrogens with one attached hydrogen (secondary N) is 1. The van der Waals surface area contributed by atoms with Crippen LogP contribution in [0.15, 0.2) is 30.3 Å². The van der Waals surface area contributed by atoms with Gasteiger partial charge in [-0.15, -0.1) is 0 Å². The Bertz CT molecular complexity index is 366. The van der Waals surface area contributed by atoms with Crippen LogP contribution in [0, 0.1) is 0 Å². The van der Waals surface area contributed by atoms with E-state index in [-0.39, 0.29) is 5.91 Å². The highest BCUT2D eigenvalue weighted by Crippen LogP contribution is 2.16. The number of allylic oxidation sites excluding steroid dienone is 1. The van der Waals surface area contributed by atoms with Gasteiger partial charge in [0, 0.05) is 12.6 Å². The lowest BCUT2D eigenvalue weighted by molar-refractivity contribution is -0.117. The van der Waals surface area contributed by atoms with Gasteiger partial charge < -0.3 is 10.1 Å². The molecule has 0 fully saturated rings. The van der Waals surface area contributed by atoms with Gasteiger partial charge in [-0.05, 0) is 36.8 Å². The van der Waals surface area contributed by atoms with Crippen molar-refractivity contribution in [1.82, 2.24) is 5.32 Å². The Balaban J connectivity index is 2.89. The van der Waals surface area contributed by atoms with Gasteiger partial charge in [0.1, 0.15) is 5.75 Å². The maximum absolute atomic E-state index is 10.9. The number of amides is 1. The first-order valence-electron chi connectivity index (χ1n) is 4.75. The van der Waals surface area contributed by atoms with Crippen LogP contribution in [0.5, 0.6) is 5.75 Å². The molecule has 0 atom stereocenters. The number of benzene rings is 1.